The lowest BCUT2D eigenvalue weighted by molar-refractivity contribution is -0.385. The molecule has 1 saturated heterocycles. The molecule has 2 atom stereocenters. The van der Waals surface area contributed by atoms with Crippen molar-refractivity contribution >= 4 is 17.6 Å². The molecule has 0 aliphatic carbocycles. The molecule has 2 heterocycles. The number of carbonyl (C=O) groups is 2. The summed E-state index contributed by atoms with van der Waals surface area (Å²) in [6.45, 7) is 2.81. The van der Waals surface area contributed by atoms with Crippen molar-refractivity contribution in [1.82, 2.24) is 4.90 Å². The number of nitrogens with zero attached hydrogens (tertiary/aromatic N) is 2. The van der Waals surface area contributed by atoms with E-state index in [1.54, 1.807) is 0 Å². The lowest BCUT2D eigenvalue weighted by Crippen LogP contribution is -2.45. The largest absolute Gasteiger partial charge is 0.486 e. The summed E-state index contributed by atoms with van der Waals surface area (Å²) in [5, 5.41) is 20.6. The first-order valence-electron chi connectivity index (χ1n) is 7.97. The Morgan fingerprint density at radius 1 is 1.24 bits per heavy atom. The number of rotatable bonds is 3. The van der Waals surface area contributed by atoms with Crippen molar-refractivity contribution in [2.24, 2.45) is 11.8 Å². The summed E-state index contributed by atoms with van der Waals surface area (Å²) in [6, 6.07) is 2.49. The maximum Gasteiger partial charge on any atom is 0.308 e. The molecule has 9 heteroatoms. The summed E-state index contributed by atoms with van der Waals surface area (Å²) in [6.07, 6.45) is 0.475. The van der Waals surface area contributed by atoms with Crippen LogP contribution in [0.3, 0.4) is 0 Å². The van der Waals surface area contributed by atoms with Crippen molar-refractivity contribution in [2.45, 2.75) is 13.3 Å². The van der Waals surface area contributed by atoms with Gasteiger partial charge in [0.1, 0.15) is 18.8 Å². The van der Waals surface area contributed by atoms with Gasteiger partial charge in [0.25, 0.3) is 11.6 Å². The number of carboxylic acid groups (broad SMARTS) is 1. The highest BCUT2D eigenvalue weighted by atomic mass is 16.6. The van der Waals surface area contributed by atoms with Crippen molar-refractivity contribution in [3.63, 3.8) is 0 Å². The van der Waals surface area contributed by atoms with Gasteiger partial charge in [-0.1, -0.05) is 6.92 Å². The van der Waals surface area contributed by atoms with Crippen molar-refractivity contribution in [3.8, 4) is 11.5 Å². The quantitative estimate of drug-likeness (QED) is 0.649. The van der Waals surface area contributed by atoms with E-state index in [0.717, 1.165) is 0 Å². The normalized spacial score (nSPS) is 22.4. The van der Waals surface area contributed by atoms with Gasteiger partial charge in [-0.15, -0.1) is 0 Å². The van der Waals surface area contributed by atoms with Gasteiger partial charge in [-0.3, -0.25) is 19.7 Å². The molecule has 134 valence electrons. The fourth-order valence-corrected chi connectivity index (χ4v) is 3.27. The molecular formula is C16H18N2O7. The van der Waals surface area contributed by atoms with E-state index >= 15 is 0 Å². The summed E-state index contributed by atoms with van der Waals surface area (Å²) < 4.78 is 10.7. The molecule has 9 nitrogen and oxygen atoms in total. The number of hydrogen-bond donors (Lipinski definition) is 1. The van der Waals surface area contributed by atoms with Crippen LogP contribution in [-0.4, -0.2) is 53.1 Å². The number of hydrogen-bond acceptors (Lipinski definition) is 6. The maximum absolute atomic E-state index is 12.9. The van der Waals surface area contributed by atoms with Crippen molar-refractivity contribution < 1.29 is 29.1 Å². The minimum atomic E-state index is -0.971. The number of likely N-dealkylation sites (tertiary alicyclic amines) is 1. The number of benzene rings is 1. The Morgan fingerprint density at radius 2 is 1.88 bits per heavy atom. The zero-order chi connectivity index (χ0) is 18.1. The van der Waals surface area contributed by atoms with Gasteiger partial charge in [0, 0.05) is 19.2 Å². The Kier molecular flexibility index (Phi) is 4.47. The number of ether oxygens (including phenoxy) is 2. The molecule has 2 aliphatic heterocycles. The molecule has 1 aromatic carbocycles. The molecule has 0 bridgehead atoms. The van der Waals surface area contributed by atoms with Crippen LogP contribution >= 0.6 is 0 Å². The summed E-state index contributed by atoms with van der Waals surface area (Å²) in [5.41, 5.74) is -0.494. The molecule has 0 saturated carbocycles. The van der Waals surface area contributed by atoms with Crippen LogP contribution in [0.5, 0.6) is 11.5 Å². The first-order chi connectivity index (χ1) is 11.9. The molecular weight excluding hydrogens is 332 g/mol. The molecule has 1 N–H and O–H groups in total. The zero-order valence-electron chi connectivity index (χ0n) is 13.6. The minimum absolute atomic E-state index is 0.00457. The third-order valence-corrected chi connectivity index (χ3v) is 4.38. The number of fused-ring (bicyclic) bond motifs is 1. The summed E-state index contributed by atoms with van der Waals surface area (Å²) in [5.74, 6) is -1.72. The molecule has 3 rings (SSSR count). The third-order valence-electron chi connectivity index (χ3n) is 4.38. The Bertz CT molecular complexity index is 733. The topological polar surface area (TPSA) is 119 Å². The summed E-state index contributed by atoms with van der Waals surface area (Å²) in [7, 11) is 0. The number of aliphatic carboxylic acids is 1. The van der Waals surface area contributed by atoms with E-state index in [4.69, 9.17) is 9.47 Å². The van der Waals surface area contributed by atoms with E-state index < -0.39 is 22.7 Å². The standard InChI is InChI=1S/C16H18N2O7/c1-9-4-10(16(20)21)8-17(7-9)15(19)11-5-13-14(25-3-2-24-13)6-12(11)18(22)23/h5-6,9-10H,2-4,7-8H2,1H3,(H,20,21). The van der Waals surface area contributed by atoms with Gasteiger partial charge in [0.2, 0.25) is 0 Å². The number of carboxylic acids is 1. The summed E-state index contributed by atoms with van der Waals surface area (Å²) >= 11 is 0. The Labute approximate surface area is 143 Å². The van der Waals surface area contributed by atoms with E-state index in [0.29, 0.717) is 19.6 Å². The Morgan fingerprint density at radius 3 is 2.48 bits per heavy atom. The first-order valence-corrected chi connectivity index (χ1v) is 7.97. The second-order valence-corrected chi connectivity index (χ2v) is 6.36. The van der Waals surface area contributed by atoms with Gasteiger partial charge in [-0.05, 0) is 12.3 Å². The van der Waals surface area contributed by atoms with Crippen molar-refractivity contribution in [2.75, 3.05) is 26.3 Å². The number of piperidine rings is 1. The number of carbonyl (C=O) groups excluding carboxylic acids is 1. The highest BCUT2D eigenvalue weighted by molar-refractivity contribution is 5.99. The predicted octanol–water partition coefficient (Wildman–Crippen LogP) is 1.55. The van der Waals surface area contributed by atoms with Crippen LogP contribution in [0.2, 0.25) is 0 Å². The van der Waals surface area contributed by atoms with E-state index in [-0.39, 0.29) is 41.8 Å². The second-order valence-electron chi connectivity index (χ2n) is 6.36. The zero-order valence-corrected chi connectivity index (χ0v) is 13.6. The number of amides is 1. The van der Waals surface area contributed by atoms with Crippen LogP contribution in [-0.2, 0) is 4.79 Å². The molecule has 2 unspecified atom stereocenters. The molecule has 0 aromatic heterocycles. The van der Waals surface area contributed by atoms with E-state index in [2.05, 4.69) is 0 Å². The number of nitro benzene ring substituents is 1. The van der Waals surface area contributed by atoms with E-state index in [9.17, 15) is 24.8 Å². The van der Waals surface area contributed by atoms with Gasteiger partial charge in [-0.25, -0.2) is 0 Å². The molecule has 1 aromatic rings. The average Bonchev–Trinajstić information content (AvgIpc) is 2.59. The highest BCUT2D eigenvalue weighted by Gasteiger charge is 2.35. The van der Waals surface area contributed by atoms with Crippen LogP contribution in [0.1, 0.15) is 23.7 Å². The van der Waals surface area contributed by atoms with Crippen LogP contribution in [0.4, 0.5) is 5.69 Å². The highest BCUT2D eigenvalue weighted by Crippen LogP contribution is 2.37. The minimum Gasteiger partial charge on any atom is -0.486 e. The first kappa shape index (κ1) is 17.0. The smallest absolute Gasteiger partial charge is 0.308 e. The fraction of sp³-hybridized carbons (Fsp3) is 0.500. The Balaban J connectivity index is 1.95. The van der Waals surface area contributed by atoms with Gasteiger partial charge in [-0.2, -0.15) is 0 Å². The van der Waals surface area contributed by atoms with E-state index in [1.165, 1.54) is 17.0 Å². The Hall–Kier alpha value is -2.84. The molecule has 1 amide bonds. The lowest BCUT2D eigenvalue weighted by Gasteiger charge is -2.34. The lowest BCUT2D eigenvalue weighted by atomic mass is 9.90. The second kappa shape index (κ2) is 6.58. The molecule has 1 fully saturated rings. The summed E-state index contributed by atoms with van der Waals surface area (Å²) in [4.78, 5) is 36.2. The van der Waals surface area contributed by atoms with E-state index in [1.807, 2.05) is 6.92 Å². The maximum atomic E-state index is 12.9. The molecule has 0 spiro atoms. The molecule has 25 heavy (non-hydrogen) atoms. The van der Waals surface area contributed by atoms with Crippen molar-refractivity contribution in [3.05, 3.63) is 27.8 Å². The fourth-order valence-electron chi connectivity index (χ4n) is 3.27. The average molecular weight is 350 g/mol. The van der Waals surface area contributed by atoms with Crippen LogP contribution in [0.15, 0.2) is 12.1 Å². The SMILES string of the molecule is CC1CC(C(=O)O)CN(C(=O)c2cc3c(cc2[N+](=O)[O-])OCCO3)C1. The van der Waals surface area contributed by atoms with Crippen LogP contribution < -0.4 is 9.47 Å². The van der Waals surface area contributed by atoms with Crippen molar-refractivity contribution in [1.29, 1.82) is 0 Å². The number of nitro groups is 1. The predicted molar refractivity (Wildman–Crippen MR) is 84.9 cm³/mol. The molecule has 2 aliphatic rings. The van der Waals surface area contributed by atoms with Gasteiger partial charge >= 0.3 is 5.97 Å². The molecule has 0 radical (unpaired) electrons. The third kappa shape index (κ3) is 3.35. The van der Waals surface area contributed by atoms with Gasteiger partial charge in [0.15, 0.2) is 11.5 Å². The monoisotopic (exact) mass is 350 g/mol. The van der Waals surface area contributed by atoms with Crippen LogP contribution in [0, 0.1) is 22.0 Å². The van der Waals surface area contributed by atoms with Gasteiger partial charge in [0.05, 0.1) is 16.9 Å². The van der Waals surface area contributed by atoms with Crippen LogP contribution in [0.25, 0.3) is 0 Å². The van der Waals surface area contributed by atoms with Gasteiger partial charge < -0.3 is 19.5 Å².